The summed E-state index contributed by atoms with van der Waals surface area (Å²) in [5.41, 5.74) is 2.08. The van der Waals surface area contributed by atoms with Crippen LogP contribution in [-0.2, 0) is 22.7 Å². The summed E-state index contributed by atoms with van der Waals surface area (Å²) < 4.78 is 0. The summed E-state index contributed by atoms with van der Waals surface area (Å²) in [4.78, 5) is 34.1. The molecule has 3 rings (SSSR count). The van der Waals surface area contributed by atoms with Gasteiger partial charge in [-0.3, -0.25) is 14.6 Å². The minimum absolute atomic E-state index is 0.103. The third-order valence-corrected chi connectivity index (χ3v) is 5.66. The fraction of sp³-hybridized carbons (Fsp3) is 0.421. The van der Waals surface area contributed by atoms with Crippen molar-refractivity contribution >= 4 is 23.2 Å². The topological polar surface area (TPSA) is 53.5 Å². The standard InChI is InChI=1S/C19H23N3O2S/c1-14-8-10-25-17(14)13-21(2)19(24)15-6-7-18(23)22(11-15)12-16-5-3-4-9-20-16/h3-5,8-10,15H,6-7,11-13H2,1-2H3. The largest absolute Gasteiger partial charge is 0.340 e. The molecular weight excluding hydrogens is 334 g/mol. The molecule has 0 aliphatic carbocycles. The molecule has 6 heteroatoms. The van der Waals surface area contributed by atoms with Crippen LogP contribution in [0.5, 0.6) is 0 Å². The van der Waals surface area contributed by atoms with Crippen LogP contribution in [-0.4, -0.2) is 40.2 Å². The molecule has 2 amide bonds. The number of pyridine rings is 1. The fourth-order valence-electron chi connectivity index (χ4n) is 3.13. The molecule has 5 nitrogen and oxygen atoms in total. The molecule has 1 unspecified atom stereocenters. The molecule has 1 aliphatic rings. The average Bonchev–Trinajstić information content (AvgIpc) is 3.02. The zero-order valence-electron chi connectivity index (χ0n) is 14.6. The average molecular weight is 357 g/mol. The zero-order chi connectivity index (χ0) is 17.8. The van der Waals surface area contributed by atoms with E-state index in [-0.39, 0.29) is 17.7 Å². The first-order valence-corrected chi connectivity index (χ1v) is 9.38. The van der Waals surface area contributed by atoms with Crippen molar-refractivity contribution in [3.8, 4) is 0 Å². The van der Waals surface area contributed by atoms with Gasteiger partial charge in [-0.1, -0.05) is 6.07 Å². The van der Waals surface area contributed by atoms with Crippen molar-refractivity contribution in [2.45, 2.75) is 32.9 Å². The number of thiophene rings is 1. The molecule has 0 radical (unpaired) electrons. The maximum atomic E-state index is 12.8. The third kappa shape index (κ3) is 4.25. The maximum absolute atomic E-state index is 12.8. The van der Waals surface area contributed by atoms with Crippen LogP contribution in [0.2, 0.25) is 0 Å². The molecule has 3 heterocycles. The van der Waals surface area contributed by atoms with E-state index in [1.807, 2.05) is 25.2 Å². The fourth-order valence-corrected chi connectivity index (χ4v) is 4.09. The highest BCUT2D eigenvalue weighted by Crippen LogP contribution is 2.23. The predicted octanol–water partition coefficient (Wildman–Crippen LogP) is 2.85. The Morgan fingerprint density at radius 1 is 1.40 bits per heavy atom. The summed E-state index contributed by atoms with van der Waals surface area (Å²) in [6, 6.07) is 7.75. The first-order valence-electron chi connectivity index (χ1n) is 8.50. The van der Waals surface area contributed by atoms with Crippen LogP contribution < -0.4 is 0 Å². The summed E-state index contributed by atoms with van der Waals surface area (Å²) in [5.74, 6) is 0.0875. The lowest BCUT2D eigenvalue weighted by atomic mass is 9.96. The molecule has 2 aromatic heterocycles. The van der Waals surface area contributed by atoms with Gasteiger partial charge in [0, 0.05) is 31.1 Å². The number of amides is 2. The van der Waals surface area contributed by atoms with Gasteiger partial charge in [-0.2, -0.15) is 0 Å². The van der Waals surface area contributed by atoms with Gasteiger partial charge in [-0.25, -0.2) is 0 Å². The van der Waals surface area contributed by atoms with E-state index in [0.29, 0.717) is 32.5 Å². The van der Waals surface area contributed by atoms with Crippen LogP contribution in [0.3, 0.4) is 0 Å². The first-order chi connectivity index (χ1) is 12.0. The molecule has 1 saturated heterocycles. The number of rotatable bonds is 5. The number of aryl methyl sites for hydroxylation is 1. The second-order valence-electron chi connectivity index (χ2n) is 6.55. The Bertz CT molecular complexity index is 744. The zero-order valence-corrected chi connectivity index (χ0v) is 15.5. The van der Waals surface area contributed by atoms with Crippen molar-refractivity contribution in [2.24, 2.45) is 5.92 Å². The van der Waals surface area contributed by atoms with Crippen LogP contribution >= 0.6 is 11.3 Å². The summed E-state index contributed by atoms with van der Waals surface area (Å²) in [5, 5.41) is 2.05. The number of piperidine rings is 1. The molecule has 0 saturated carbocycles. The highest BCUT2D eigenvalue weighted by Gasteiger charge is 2.32. The van der Waals surface area contributed by atoms with E-state index in [9.17, 15) is 9.59 Å². The van der Waals surface area contributed by atoms with Crippen molar-refractivity contribution < 1.29 is 9.59 Å². The predicted molar refractivity (Wildman–Crippen MR) is 97.9 cm³/mol. The van der Waals surface area contributed by atoms with E-state index in [1.54, 1.807) is 27.3 Å². The van der Waals surface area contributed by atoms with Crippen LogP contribution in [0.25, 0.3) is 0 Å². The number of hydrogen-bond acceptors (Lipinski definition) is 4. The summed E-state index contributed by atoms with van der Waals surface area (Å²) in [6.45, 7) is 3.64. The molecule has 1 aliphatic heterocycles. The van der Waals surface area contributed by atoms with Crippen molar-refractivity contribution in [1.29, 1.82) is 0 Å². The first kappa shape index (κ1) is 17.6. The molecule has 1 fully saturated rings. The van der Waals surface area contributed by atoms with Crippen LogP contribution in [0, 0.1) is 12.8 Å². The van der Waals surface area contributed by atoms with E-state index >= 15 is 0 Å². The number of likely N-dealkylation sites (tertiary alicyclic amines) is 1. The quantitative estimate of drug-likeness (QED) is 0.827. The van der Waals surface area contributed by atoms with Gasteiger partial charge in [0.2, 0.25) is 11.8 Å². The van der Waals surface area contributed by atoms with Gasteiger partial charge in [0.25, 0.3) is 0 Å². The van der Waals surface area contributed by atoms with Crippen LogP contribution in [0.15, 0.2) is 35.8 Å². The lowest BCUT2D eigenvalue weighted by Gasteiger charge is -2.33. The monoisotopic (exact) mass is 357 g/mol. The minimum Gasteiger partial charge on any atom is -0.340 e. The molecule has 25 heavy (non-hydrogen) atoms. The second-order valence-corrected chi connectivity index (χ2v) is 7.55. The minimum atomic E-state index is -0.133. The van der Waals surface area contributed by atoms with E-state index in [1.165, 1.54) is 10.4 Å². The number of carbonyl (C=O) groups excluding carboxylic acids is 2. The Morgan fingerprint density at radius 2 is 2.24 bits per heavy atom. The van der Waals surface area contributed by atoms with Gasteiger partial charge in [-0.05, 0) is 42.5 Å². The van der Waals surface area contributed by atoms with Gasteiger partial charge in [-0.15, -0.1) is 11.3 Å². The summed E-state index contributed by atoms with van der Waals surface area (Å²) in [7, 11) is 1.85. The van der Waals surface area contributed by atoms with Crippen molar-refractivity contribution in [3.05, 3.63) is 52.0 Å². The van der Waals surface area contributed by atoms with Gasteiger partial charge in [0.05, 0.1) is 24.7 Å². The normalized spacial score (nSPS) is 17.6. The molecule has 0 aromatic carbocycles. The lowest BCUT2D eigenvalue weighted by Crippen LogP contribution is -2.45. The maximum Gasteiger partial charge on any atom is 0.227 e. The third-order valence-electron chi connectivity index (χ3n) is 4.65. The highest BCUT2D eigenvalue weighted by molar-refractivity contribution is 7.10. The smallest absolute Gasteiger partial charge is 0.227 e. The molecule has 0 bridgehead atoms. The van der Waals surface area contributed by atoms with Crippen molar-refractivity contribution in [3.63, 3.8) is 0 Å². The molecule has 1 atom stereocenters. The Kier molecular flexibility index (Phi) is 5.48. The molecule has 2 aromatic rings. The van der Waals surface area contributed by atoms with E-state index in [0.717, 1.165) is 5.69 Å². The molecule has 0 N–H and O–H groups in total. The van der Waals surface area contributed by atoms with Crippen molar-refractivity contribution in [1.82, 2.24) is 14.8 Å². The number of carbonyl (C=O) groups is 2. The van der Waals surface area contributed by atoms with E-state index < -0.39 is 0 Å². The van der Waals surface area contributed by atoms with Gasteiger partial charge in [0.1, 0.15) is 0 Å². The Morgan fingerprint density at radius 3 is 2.92 bits per heavy atom. The summed E-state index contributed by atoms with van der Waals surface area (Å²) >= 11 is 1.68. The summed E-state index contributed by atoms with van der Waals surface area (Å²) in [6.07, 6.45) is 2.78. The number of nitrogens with zero attached hydrogens (tertiary/aromatic N) is 3. The van der Waals surface area contributed by atoms with E-state index in [2.05, 4.69) is 23.4 Å². The molecule has 132 valence electrons. The Labute approximate surface area is 152 Å². The van der Waals surface area contributed by atoms with Crippen LogP contribution in [0.4, 0.5) is 0 Å². The van der Waals surface area contributed by atoms with E-state index in [4.69, 9.17) is 0 Å². The van der Waals surface area contributed by atoms with Gasteiger partial charge in [0.15, 0.2) is 0 Å². The highest BCUT2D eigenvalue weighted by atomic mass is 32.1. The number of hydrogen-bond donors (Lipinski definition) is 0. The van der Waals surface area contributed by atoms with Gasteiger partial charge < -0.3 is 9.80 Å². The second kappa shape index (κ2) is 7.78. The molecular formula is C19H23N3O2S. The SMILES string of the molecule is Cc1ccsc1CN(C)C(=O)C1CCC(=O)N(Cc2ccccn2)C1. The van der Waals surface area contributed by atoms with Crippen molar-refractivity contribution in [2.75, 3.05) is 13.6 Å². The number of aromatic nitrogens is 1. The van der Waals surface area contributed by atoms with Gasteiger partial charge >= 0.3 is 0 Å². The Hall–Kier alpha value is -2.21. The molecule has 0 spiro atoms. The Balaban J connectivity index is 1.62. The lowest BCUT2D eigenvalue weighted by molar-refractivity contribution is -0.143. The van der Waals surface area contributed by atoms with Crippen LogP contribution in [0.1, 0.15) is 29.0 Å².